The lowest BCUT2D eigenvalue weighted by Gasteiger charge is -2.09. The molecule has 2 nitrogen and oxygen atoms in total. The SMILES string of the molecule is CCOC(=O)CCc1ccc(CCl)cc1CC. The first kappa shape index (κ1) is 14.0. The van der Waals surface area contributed by atoms with E-state index in [1.165, 1.54) is 11.1 Å². The number of benzene rings is 1. The topological polar surface area (TPSA) is 26.3 Å². The first-order valence-electron chi connectivity index (χ1n) is 6.03. The molecule has 0 radical (unpaired) electrons. The predicted molar refractivity (Wildman–Crippen MR) is 70.3 cm³/mol. The third-order valence-corrected chi connectivity index (χ3v) is 3.02. The Morgan fingerprint density at radius 3 is 2.65 bits per heavy atom. The van der Waals surface area contributed by atoms with Gasteiger partial charge in [-0.1, -0.05) is 25.1 Å². The Bertz CT molecular complexity index is 374. The lowest BCUT2D eigenvalue weighted by atomic mass is 9.99. The molecular formula is C14H19ClO2. The van der Waals surface area contributed by atoms with Crippen LogP contribution in [0.3, 0.4) is 0 Å². The highest BCUT2D eigenvalue weighted by atomic mass is 35.5. The summed E-state index contributed by atoms with van der Waals surface area (Å²) in [5.74, 6) is 0.404. The molecule has 0 fully saturated rings. The Balaban J connectivity index is 2.67. The van der Waals surface area contributed by atoms with Crippen molar-refractivity contribution >= 4 is 17.6 Å². The number of esters is 1. The Morgan fingerprint density at radius 2 is 2.06 bits per heavy atom. The summed E-state index contributed by atoms with van der Waals surface area (Å²) >= 11 is 5.80. The zero-order valence-electron chi connectivity index (χ0n) is 10.5. The van der Waals surface area contributed by atoms with Gasteiger partial charge in [-0.05, 0) is 36.5 Å². The van der Waals surface area contributed by atoms with Gasteiger partial charge in [-0.2, -0.15) is 0 Å². The van der Waals surface area contributed by atoms with Crippen LogP contribution < -0.4 is 0 Å². The lowest BCUT2D eigenvalue weighted by Crippen LogP contribution is -2.06. The number of halogens is 1. The van der Waals surface area contributed by atoms with Gasteiger partial charge in [-0.25, -0.2) is 0 Å². The lowest BCUT2D eigenvalue weighted by molar-refractivity contribution is -0.143. The van der Waals surface area contributed by atoms with E-state index >= 15 is 0 Å². The van der Waals surface area contributed by atoms with Gasteiger partial charge in [-0.3, -0.25) is 4.79 Å². The van der Waals surface area contributed by atoms with Crippen LogP contribution in [0.4, 0.5) is 0 Å². The monoisotopic (exact) mass is 254 g/mol. The number of carbonyl (C=O) groups excluding carboxylic acids is 1. The summed E-state index contributed by atoms with van der Waals surface area (Å²) in [6.45, 7) is 4.39. The van der Waals surface area contributed by atoms with E-state index in [4.69, 9.17) is 16.3 Å². The summed E-state index contributed by atoms with van der Waals surface area (Å²) in [7, 11) is 0. The molecule has 17 heavy (non-hydrogen) atoms. The second kappa shape index (κ2) is 7.33. The van der Waals surface area contributed by atoms with Gasteiger partial charge >= 0.3 is 5.97 Å². The normalized spacial score (nSPS) is 10.3. The number of hydrogen-bond acceptors (Lipinski definition) is 2. The molecule has 0 atom stereocenters. The molecule has 0 saturated carbocycles. The third-order valence-electron chi connectivity index (χ3n) is 2.71. The third kappa shape index (κ3) is 4.39. The molecule has 1 aromatic rings. The van der Waals surface area contributed by atoms with Gasteiger partial charge in [-0.15, -0.1) is 11.6 Å². The van der Waals surface area contributed by atoms with Gasteiger partial charge in [0.2, 0.25) is 0 Å². The van der Waals surface area contributed by atoms with E-state index in [0.717, 1.165) is 18.4 Å². The second-order valence-electron chi connectivity index (χ2n) is 3.90. The minimum Gasteiger partial charge on any atom is -0.466 e. The van der Waals surface area contributed by atoms with Crippen molar-refractivity contribution in [1.29, 1.82) is 0 Å². The molecule has 0 unspecified atom stereocenters. The standard InChI is InChI=1S/C14H19ClO2/c1-3-12-9-11(10-15)5-6-13(12)7-8-14(16)17-4-2/h5-6,9H,3-4,7-8,10H2,1-2H3. The number of rotatable bonds is 6. The molecule has 0 spiro atoms. The van der Waals surface area contributed by atoms with Crippen molar-refractivity contribution in [2.75, 3.05) is 6.61 Å². The average Bonchev–Trinajstić information content (AvgIpc) is 2.36. The predicted octanol–water partition coefficient (Wildman–Crippen LogP) is 3.48. The molecule has 1 aromatic carbocycles. The van der Waals surface area contributed by atoms with Crippen LogP contribution in [0.5, 0.6) is 0 Å². The minimum absolute atomic E-state index is 0.129. The second-order valence-corrected chi connectivity index (χ2v) is 4.16. The summed E-state index contributed by atoms with van der Waals surface area (Å²) in [5.41, 5.74) is 3.62. The minimum atomic E-state index is -0.129. The van der Waals surface area contributed by atoms with Crippen molar-refractivity contribution in [3.05, 3.63) is 34.9 Å². The molecule has 0 heterocycles. The molecule has 0 aromatic heterocycles. The fourth-order valence-corrected chi connectivity index (χ4v) is 1.97. The van der Waals surface area contributed by atoms with Gasteiger partial charge in [0.25, 0.3) is 0 Å². The number of alkyl halides is 1. The number of aryl methyl sites for hydroxylation is 2. The van der Waals surface area contributed by atoms with Crippen molar-refractivity contribution in [3.8, 4) is 0 Å². The molecule has 0 N–H and O–H groups in total. The molecule has 0 aliphatic carbocycles. The Hall–Kier alpha value is -1.02. The van der Waals surface area contributed by atoms with Crippen molar-refractivity contribution in [1.82, 2.24) is 0 Å². The van der Waals surface area contributed by atoms with Gasteiger partial charge in [0, 0.05) is 12.3 Å². The van der Waals surface area contributed by atoms with Crippen LogP contribution in [0.1, 0.15) is 37.0 Å². The summed E-state index contributed by atoms with van der Waals surface area (Å²) in [4.78, 5) is 11.3. The molecular weight excluding hydrogens is 236 g/mol. The molecule has 0 bridgehead atoms. The van der Waals surface area contributed by atoms with Gasteiger partial charge in [0.15, 0.2) is 0 Å². The Kier molecular flexibility index (Phi) is 6.06. The van der Waals surface area contributed by atoms with Crippen molar-refractivity contribution in [2.45, 2.75) is 39.0 Å². The highest BCUT2D eigenvalue weighted by Crippen LogP contribution is 2.16. The molecule has 0 aliphatic heterocycles. The van der Waals surface area contributed by atoms with E-state index in [-0.39, 0.29) is 5.97 Å². The van der Waals surface area contributed by atoms with Crippen molar-refractivity contribution in [2.24, 2.45) is 0 Å². The Morgan fingerprint density at radius 1 is 1.29 bits per heavy atom. The van der Waals surface area contributed by atoms with E-state index in [0.29, 0.717) is 18.9 Å². The van der Waals surface area contributed by atoms with E-state index in [1.54, 1.807) is 0 Å². The Labute approximate surface area is 108 Å². The van der Waals surface area contributed by atoms with Gasteiger partial charge < -0.3 is 4.74 Å². The zero-order chi connectivity index (χ0) is 12.7. The summed E-state index contributed by atoms with van der Waals surface area (Å²) in [5, 5.41) is 0. The molecule has 94 valence electrons. The maximum atomic E-state index is 11.3. The average molecular weight is 255 g/mol. The summed E-state index contributed by atoms with van der Waals surface area (Å²) < 4.78 is 4.92. The van der Waals surface area contributed by atoms with Crippen LogP contribution in [0.25, 0.3) is 0 Å². The van der Waals surface area contributed by atoms with Crippen LogP contribution >= 0.6 is 11.6 Å². The molecule has 1 rings (SSSR count). The van der Waals surface area contributed by atoms with Crippen molar-refractivity contribution in [3.63, 3.8) is 0 Å². The first-order valence-corrected chi connectivity index (χ1v) is 6.57. The quantitative estimate of drug-likeness (QED) is 0.574. The van der Waals surface area contributed by atoms with E-state index < -0.39 is 0 Å². The van der Waals surface area contributed by atoms with Crippen LogP contribution in [0, 0.1) is 0 Å². The largest absolute Gasteiger partial charge is 0.466 e. The smallest absolute Gasteiger partial charge is 0.306 e. The maximum Gasteiger partial charge on any atom is 0.306 e. The van der Waals surface area contributed by atoms with Crippen LogP contribution in [-0.4, -0.2) is 12.6 Å². The van der Waals surface area contributed by atoms with Crippen LogP contribution in [0.15, 0.2) is 18.2 Å². The van der Waals surface area contributed by atoms with Gasteiger partial charge in [0.1, 0.15) is 0 Å². The number of carbonyl (C=O) groups is 1. The van der Waals surface area contributed by atoms with Crippen LogP contribution in [-0.2, 0) is 28.3 Å². The molecule has 3 heteroatoms. The van der Waals surface area contributed by atoms with Crippen molar-refractivity contribution < 1.29 is 9.53 Å². The van der Waals surface area contributed by atoms with Gasteiger partial charge in [0.05, 0.1) is 6.61 Å². The van der Waals surface area contributed by atoms with E-state index in [1.807, 2.05) is 13.0 Å². The number of hydrogen-bond donors (Lipinski definition) is 0. The highest BCUT2D eigenvalue weighted by Gasteiger charge is 2.06. The highest BCUT2D eigenvalue weighted by molar-refractivity contribution is 6.17. The fraction of sp³-hybridized carbons (Fsp3) is 0.500. The molecule has 0 amide bonds. The molecule has 0 saturated heterocycles. The number of ether oxygens (including phenoxy) is 1. The molecule has 0 aliphatic rings. The first-order chi connectivity index (χ1) is 8.21. The van der Waals surface area contributed by atoms with E-state index in [2.05, 4.69) is 19.1 Å². The maximum absolute atomic E-state index is 11.3. The zero-order valence-corrected chi connectivity index (χ0v) is 11.2. The van der Waals surface area contributed by atoms with E-state index in [9.17, 15) is 4.79 Å². The summed E-state index contributed by atoms with van der Waals surface area (Å²) in [6.07, 6.45) is 2.15. The van der Waals surface area contributed by atoms with Crippen LogP contribution in [0.2, 0.25) is 0 Å². The fourth-order valence-electron chi connectivity index (χ4n) is 1.81. The summed E-state index contributed by atoms with van der Waals surface area (Å²) in [6, 6.07) is 6.20.